The van der Waals surface area contributed by atoms with Gasteiger partial charge in [0.2, 0.25) is 10.0 Å². The molecule has 0 saturated carbocycles. The van der Waals surface area contributed by atoms with Crippen molar-refractivity contribution in [3.8, 4) is 0 Å². The average Bonchev–Trinajstić information content (AvgIpc) is 2.77. The zero-order valence-electron chi connectivity index (χ0n) is 18.3. The van der Waals surface area contributed by atoms with Crippen molar-refractivity contribution in [2.75, 3.05) is 47.0 Å². The molecule has 1 saturated heterocycles. The standard InChI is InChI=1S/C23H24N4O5S/c1-15(28)16-3-6-18(7-4-16)26-9-11-27(12-10-26)22-14-20(23(29)30)19-13-17(25-33(2,31)32)5-8-21(19)24-22/h3-8,13-14,25H,9-12H2,1-2H3,(H,29,30). The van der Waals surface area contributed by atoms with E-state index in [1.807, 2.05) is 29.2 Å². The van der Waals surface area contributed by atoms with E-state index in [1.54, 1.807) is 19.1 Å². The number of carbonyl (C=O) groups is 2. The quantitative estimate of drug-likeness (QED) is 0.530. The van der Waals surface area contributed by atoms with Crippen LogP contribution < -0.4 is 14.5 Å². The van der Waals surface area contributed by atoms with E-state index >= 15 is 0 Å². The lowest BCUT2D eigenvalue weighted by molar-refractivity contribution is 0.0698. The van der Waals surface area contributed by atoms with Crippen molar-refractivity contribution in [1.29, 1.82) is 0 Å². The number of carboxylic acids is 1. The van der Waals surface area contributed by atoms with Gasteiger partial charge in [0.25, 0.3) is 0 Å². The molecule has 1 fully saturated rings. The van der Waals surface area contributed by atoms with E-state index in [9.17, 15) is 23.1 Å². The van der Waals surface area contributed by atoms with Gasteiger partial charge in [-0.1, -0.05) is 0 Å². The van der Waals surface area contributed by atoms with Crippen molar-refractivity contribution in [3.05, 3.63) is 59.7 Å². The third-order valence-corrected chi connectivity index (χ3v) is 6.18. The summed E-state index contributed by atoms with van der Waals surface area (Å²) in [5.74, 6) is -0.512. The number of fused-ring (bicyclic) bond motifs is 1. The van der Waals surface area contributed by atoms with Crippen molar-refractivity contribution >= 4 is 49.9 Å². The number of rotatable bonds is 6. The zero-order chi connectivity index (χ0) is 23.8. The highest BCUT2D eigenvalue weighted by Gasteiger charge is 2.21. The third kappa shape index (κ3) is 5.06. The highest BCUT2D eigenvalue weighted by atomic mass is 32.2. The van der Waals surface area contributed by atoms with Crippen LogP contribution in [0, 0.1) is 0 Å². The Kier molecular flexibility index (Phi) is 5.94. The number of carboxylic acid groups (broad SMARTS) is 1. The Morgan fingerprint density at radius 2 is 1.61 bits per heavy atom. The summed E-state index contributed by atoms with van der Waals surface area (Å²) >= 11 is 0. The lowest BCUT2D eigenvalue weighted by atomic mass is 10.1. The number of piperazine rings is 1. The molecule has 0 aliphatic carbocycles. The molecule has 1 aromatic heterocycles. The second-order valence-electron chi connectivity index (χ2n) is 8.02. The van der Waals surface area contributed by atoms with Crippen LogP contribution >= 0.6 is 0 Å². The van der Waals surface area contributed by atoms with Crippen LogP contribution in [0.25, 0.3) is 10.9 Å². The van der Waals surface area contributed by atoms with Gasteiger partial charge in [-0.3, -0.25) is 9.52 Å². The smallest absolute Gasteiger partial charge is 0.336 e. The molecule has 0 spiro atoms. The van der Waals surface area contributed by atoms with Gasteiger partial charge in [0, 0.05) is 48.5 Å². The summed E-state index contributed by atoms with van der Waals surface area (Å²) in [6.07, 6.45) is 1.04. The van der Waals surface area contributed by atoms with Crippen molar-refractivity contribution in [2.24, 2.45) is 0 Å². The second kappa shape index (κ2) is 8.70. The molecule has 9 nitrogen and oxygen atoms in total. The van der Waals surface area contributed by atoms with Gasteiger partial charge in [-0.05, 0) is 55.5 Å². The van der Waals surface area contributed by atoms with Gasteiger partial charge in [0.15, 0.2) is 5.78 Å². The molecule has 2 aromatic carbocycles. The number of anilines is 3. The summed E-state index contributed by atoms with van der Waals surface area (Å²) in [4.78, 5) is 32.3. The van der Waals surface area contributed by atoms with Gasteiger partial charge in [-0.2, -0.15) is 0 Å². The van der Waals surface area contributed by atoms with E-state index in [0.29, 0.717) is 35.4 Å². The molecule has 2 N–H and O–H groups in total. The first-order valence-corrected chi connectivity index (χ1v) is 12.3. The summed E-state index contributed by atoms with van der Waals surface area (Å²) in [5, 5.41) is 10.1. The number of aromatic nitrogens is 1. The SMILES string of the molecule is CC(=O)c1ccc(N2CCN(c3cc(C(=O)O)c4cc(NS(C)(=O)=O)ccc4n3)CC2)cc1. The van der Waals surface area contributed by atoms with Gasteiger partial charge in [0.05, 0.1) is 17.3 Å². The monoisotopic (exact) mass is 468 g/mol. The predicted octanol–water partition coefficient (Wildman–Crippen LogP) is 2.83. The molecule has 1 aliphatic heterocycles. The van der Waals surface area contributed by atoms with Crippen molar-refractivity contribution in [2.45, 2.75) is 6.92 Å². The van der Waals surface area contributed by atoms with Gasteiger partial charge < -0.3 is 14.9 Å². The van der Waals surface area contributed by atoms with Crippen LogP contribution in [-0.4, -0.2) is 62.7 Å². The fourth-order valence-electron chi connectivity index (χ4n) is 3.93. The number of sulfonamides is 1. The maximum absolute atomic E-state index is 11.9. The molecule has 0 atom stereocenters. The molecule has 0 bridgehead atoms. The normalized spacial score (nSPS) is 14.4. The van der Waals surface area contributed by atoms with Gasteiger partial charge in [-0.15, -0.1) is 0 Å². The Hall–Kier alpha value is -3.66. The van der Waals surface area contributed by atoms with E-state index in [1.165, 1.54) is 12.1 Å². The fraction of sp³-hybridized carbons (Fsp3) is 0.261. The first-order chi connectivity index (χ1) is 15.6. The van der Waals surface area contributed by atoms with Gasteiger partial charge >= 0.3 is 5.97 Å². The topological polar surface area (TPSA) is 120 Å². The second-order valence-corrected chi connectivity index (χ2v) is 9.76. The fourth-order valence-corrected chi connectivity index (χ4v) is 4.48. The minimum atomic E-state index is -3.49. The number of nitrogens with one attached hydrogen (secondary N) is 1. The lowest BCUT2D eigenvalue weighted by Gasteiger charge is -2.37. The molecule has 1 aliphatic rings. The number of ketones is 1. The van der Waals surface area contributed by atoms with Crippen LogP contribution in [0.5, 0.6) is 0 Å². The molecular weight excluding hydrogens is 444 g/mol. The number of carbonyl (C=O) groups excluding carboxylic acids is 1. The van der Waals surface area contributed by atoms with E-state index in [2.05, 4.69) is 14.6 Å². The number of hydrogen-bond donors (Lipinski definition) is 2. The largest absolute Gasteiger partial charge is 0.478 e. The Labute approximate surface area is 191 Å². The number of aromatic carboxylic acids is 1. The average molecular weight is 469 g/mol. The molecule has 0 unspecified atom stereocenters. The maximum Gasteiger partial charge on any atom is 0.336 e. The molecule has 2 heterocycles. The molecule has 0 radical (unpaired) electrons. The third-order valence-electron chi connectivity index (χ3n) is 5.57. The maximum atomic E-state index is 11.9. The highest BCUT2D eigenvalue weighted by Crippen LogP contribution is 2.28. The Balaban J connectivity index is 1.56. The van der Waals surface area contributed by atoms with Crippen molar-refractivity contribution < 1.29 is 23.1 Å². The molecule has 33 heavy (non-hydrogen) atoms. The number of hydrogen-bond acceptors (Lipinski definition) is 7. The summed E-state index contributed by atoms with van der Waals surface area (Å²) in [5.41, 5.74) is 2.53. The Morgan fingerprint density at radius 3 is 2.18 bits per heavy atom. The van der Waals surface area contributed by atoms with Crippen molar-refractivity contribution in [3.63, 3.8) is 0 Å². The first-order valence-electron chi connectivity index (χ1n) is 10.4. The minimum absolute atomic E-state index is 0.0298. The van der Waals surface area contributed by atoms with Crippen LogP contribution in [0.4, 0.5) is 17.2 Å². The van der Waals surface area contributed by atoms with Crippen LogP contribution in [-0.2, 0) is 10.0 Å². The molecular formula is C23H24N4O5S. The number of nitrogens with zero attached hydrogens (tertiary/aromatic N) is 3. The van der Waals surface area contributed by atoms with Crippen LogP contribution in [0.1, 0.15) is 27.6 Å². The van der Waals surface area contributed by atoms with Crippen molar-refractivity contribution in [1.82, 2.24) is 4.98 Å². The summed E-state index contributed by atoms with van der Waals surface area (Å²) < 4.78 is 25.4. The van der Waals surface area contributed by atoms with E-state index < -0.39 is 16.0 Å². The van der Waals surface area contributed by atoms with Gasteiger partial charge in [-0.25, -0.2) is 18.2 Å². The molecule has 3 aromatic rings. The molecule has 10 heteroatoms. The Morgan fingerprint density at radius 1 is 0.970 bits per heavy atom. The number of benzene rings is 2. The van der Waals surface area contributed by atoms with Crippen LogP contribution in [0.3, 0.4) is 0 Å². The molecule has 172 valence electrons. The van der Waals surface area contributed by atoms with Crippen LogP contribution in [0.2, 0.25) is 0 Å². The van der Waals surface area contributed by atoms with E-state index in [-0.39, 0.29) is 17.0 Å². The lowest BCUT2D eigenvalue weighted by Crippen LogP contribution is -2.46. The minimum Gasteiger partial charge on any atom is -0.478 e. The predicted molar refractivity (Wildman–Crippen MR) is 128 cm³/mol. The summed E-state index contributed by atoms with van der Waals surface area (Å²) in [6, 6.07) is 13.7. The summed E-state index contributed by atoms with van der Waals surface area (Å²) in [7, 11) is -3.49. The summed E-state index contributed by atoms with van der Waals surface area (Å²) in [6.45, 7) is 4.29. The zero-order valence-corrected chi connectivity index (χ0v) is 19.1. The number of Topliss-reactive ketones (excluding diaryl/α,β-unsaturated/α-hetero) is 1. The Bertz CT molecular complexity index is 1330. The molecule has 4 rings (SSSR count). The highest BCUT2D eigenvalue weighted by molar-refractivity contribution is 7.92. The van der Waals surface area contributed by atoms with E-state index in [0.717, 1.165) is 25.0 Å². The molecule has 0 amide bonds. The van der Waals surface area contributed by atoms with Gasteiger partial charge in [0.1, 0.15) is 5.82 Å². The first kappa shape index (κ1) is 22.5. The number of pyridine rings is 1. The van der Waals surface area contributed by atoms with Crippen LogP contribution in [0.15, 0.2) is 48.5 Å². The van der Waals surface area contributed by atoms with E-state index in [4.69, 9.17) is 0 Å².